The summed E-state index contributed by atoms with van der Waals surface area (Å²) < 4.78 is 14.7. The van der Waals surface area contributed by atoms with E-state index in [1.807, 2.05) is 0 Å². The van der Waals surface area contributed by atoms with Gasteiger partial charge in [-0.05, 0) is 38.5 Å². The van der Waals surface area contributed by atoms with Crippen LogP contribution >= 0.6 is 0 Å². The van der Waals surface area contributed by atoms with E-state index < -0.39 is 29.3 Å². The lowest BCUT2D eigenvalue weighted by Gasteiger charge is -2.29. The Morgan fingerprint density at radius 1 is 0.714 bits per heavy atom. The van der Waals surface area contributed by atoms with Crippen LogP contribution < -0.4 is 0 Å². The van der Waals surface area contributed by atoms with Crippen LogP contribution in [0.25, 0.3) is 0 Å². The molecule has 0 spiro atoms. The number of esters is 3. The van der Waals surface area contributed by atoms with Crippen LogP contribution in [-0.2, 0) is 33.4 Å². The number of rotatable bonds is 16. The Bertz CT molecular complexity index is 549. The maximum absolute atomic E-state index is 11.9. The maximum Gasteiger partial charge on any atom is 0.330 e. The summed E-state index contributed by atoms with van der Waals surface area (Å²) in [5.74, 6) is -2.88. The van der Waals surface area contributed by atoms with Gasteiger partial charge in [0.25, 0.3) is 0 Å². The molecule has 8 nitrogen and oxygen atoms in total. The number of aliphatic carboxylic acids is 1. The van der Waals surface area contributed by atoms with Gasteiger partial charge in [0.2, 0.25) is 0 Å². The number of carboxylic acids is 1. The van der Waals surface area contributed by atoms with E-state index in [0.717, 1.165) is 18.2 Å². The summed E-state index contributed by atoms with van der Waals surface area (Å²) in [5, 5.41) is 9.76. The first kappa shape index (κ1) is 25.1. The van der Waals surface area contributed by atoms with Crippen molar-refractivity contribution in [3.8, 4) is 0 Å². The Labute approximate surface area is 164 Å². The zero-order chi connectivity index (χ0) is 21.4. The molecule has 0 aromatic carbocycles. The first-order valence-corrected chi connectivity index (χ1v) is 8.92. The van der Waals surface area contributed by atoms with Gasteiger partial charge in [0, 0.05) is 18.2 Å². The van der Waals surface area contributed by atoms with Crippen LogP contribution in [0.1, 0.15) is 38.5 Å². The minimum absolute atomic E-state index is 0.143. The lowest BCUT2D eigenvalue weighted by atomic mass is 9.79. The fraction of sp³-hybridized carbons (Fsp3) is 0.500. The van der Waals surface area contributed by atoms with Gasteiger partial charge in [-0.15, -0.1) is 0 Å². The molecule has 1 N–H and O–H groups in total. The molecule has 0 bridgehead atoms. The second-order valence-corrected chi connectivity index (χ2v) is 6.05. The van der Waals surface area contributed by atoms with Crippen LogP contribution in [-0.4, -0.2) is 48.8 Å². The molecule has 0 rings (SSSR count). The number of carboxylic acid groups (broad SMARTS) is 1. The molecule has 0 aromatic heterocycles. The van der Waals surface area contributed by atoms with Crippen molar-refractivity contribution in [2.45, 2.75) is 38.5 Å². The van der Waals surface area contributed by atoms with Crippen LogP contribution in [0.2, 0.25) is 0 Å². The quantitative estimate of drug-likeness (QED) is 0.183. The van der Waals surface area contributed by atoms with E-state index in [2.05, 4.69) is 19.7 Å². The van der Waals surface area contributed by atoms with Crippen LogP contribution in [0.4, 0.5) is 0 Å². The van der Waals surface area contributed by atoms with Gasteiger partial charge in [0.1, 0.15) is 12.0 Å². The van der Waals surface area contributed by atoms with E-state index in [9.17, 15) is 24.3 Å². The number of ether oxygens (including phenoxy) is 3. The molecule has 8 heteroatoms. The van der Waals surface area contributed by atoms with Crippen LogP contribution in [0, 0.1) is 5.41 Å². The van der Waals surface area contributed by atoms with E-state index >= 15 is 0 Å². The SMILES string of the molecule is C=CC(=O)OCCCCC(CCCCOC(=O)C=C)(COC(=O)C=C)C(=O)O. The summed E-state index contributed by atoms with van der Waals surface area (Å²) >= 11 is 0. The number of hydrogen-bond donors (Lipinski definition) is 1. The number of hydrogen-bond acceptors (Lipinski definition) is 7. The van der Waals surface area contributed by atoms with Crippen LogP contribution in [0.5, 0.6) is 0 Å². The topological polar surface area (TPSA) is 116 Å². The third-order valence-corrected chi connectivity index (χ3v) is 4.03. The largest absolute Gasteiger partial charge is 0.481 e. The molecular weight excluding hydrogens is 368 g/mol. The normalized spacial score (nSPS) is 10.4. The molecule has 0 aliphatic rings. The molecule has 0 aliphatic heterocycles. The van der Waals surface area contributed by atoms with Gasteiger partial charge in [-0.1, -0.05) is 19.7 Å². The predicted octanol–water partition coefficient (Wildman–Crippen LogP) is 2.59. The van der Waals surface area contributed by atoms with Crippen LogP contribution in [0.3, 0.4) is 0 Å². The minimum Gasteiger partial charge on any atom is -0.481 e. The van der Waals surface area contributed by atoms with Crippen molar-refractivity contribution >= 4 is 23.9 Å². The molecule has 28 heavy (non-hydrogen) atoms. The summed E-state index contributed by atoms with van der Waals surface area (Å²) in [6, 6.07) is 0. The highest BCUT2D eigenvalue weighted by atomic mass is 16.5. The number of carbonyl (C=O) groups is 4. The molecular formula is C20H28O8. The summed E-state index contributed by atoms with van der Waals surface area (Å²) in [6.45, 7) is 9.86. The molecule has 0 unspecified atom stereocenters. The Morgan fingerprint density at radius 3 is 1.46 bits per heavy atom. The molecule has 0 saturated heterocycles. The van der Waals surface area contributed by atoms with Crippen molar-refractivity contribution in [1.82, 2.24) is 0 Å². The highest BCUT2D eigenvalue weighted by Crippen LogP contribution is 2.32. The highest BCUT2D eigenvalue weighted by molar-refractivity contribution is 5.82. The molecule has 0 amide bonds. The second kappa shape index (κ2) is 14.2. The lowest BCUT2D eigenvalue weighted by Crippen LogP contribution is -2.37. The lowest BCUT2D eigenvalue weighted by molar-refractivity contribution is -0.159. The Balaban J connectivity index is 4.77. The van der Waals surface area contributed by atoms with Crippen molar-refractivity contribution in [3.05, 3.63) is 38.0 Å². The van der Waals surface area contributed by atoms with Gasteiger partial charge >= 0.3 is 23.9 Å². The molecule has 0 fully saturated rings. The van der Waals surface area contributed by atoms with E-state index in [1.165, 1.54) is 0 Å². The number of carbonyl (C=O) groups excluding carboxylic acids is 3. The minimum atomic E-state index is -1.29. The first-order chi connectivity index (χ1) is 13.3. The van der Waals surface area contributed by atoms with Crippen LogP contribution in [0.15, 0.2) is 38.0 Å². The molecule has 0 atom stereocenters. The molecule has 0 heterocycles. The summed E-state index contributed by atoms with van der Waals surface area (Å²) in [5.41, 5.74) is -1.29. The predicted molar refractivity (Wildman–Crippen MR) is 101 cm³/mol. The Hall–Kier alpha value is -2.90. The fourth-order valence-electron chi connectivity index (χ4n) is 2.41. The average molecular weight is 396 g/mol. The van der Waals surface area contributed by atoms with E-state index in [1.54, 1.807) is 0 Å². The third kappa shape index (κ3) is 10.3. The maximum atomic E-state index is 11.9. The summed E-state index contributed by atoms with van der Waals surface area (Å²) in [7, 11) is 0. The van der Waals surface area contributed by atoms with Gasteiger partial charge in [-0.2, -0.15) is 0 Å². The van der Waals surface area contributed by atoms with E-state index in [4.69, 9.17) is 14.2 Å². The van der Waals surface area contributed by atoms with Crippen molar-refractivity contribution in [3.63, 3.8) is 0 Å². The zero-order valence-corrected chi connectivity index (χ0v) is 16.0. The highest BCUT2D eigenvalue weighted by Gasteiger charge is 2.39. The second-order valence-electron chi connectivity index (χ2n) is 6.05. The van der Waals surface area contributed by atoms with E-state index in [0.29, 0.717) is 25.7 Å². The fourth-order valence-corrected chi connectivity index (χ4v) is 2.41. The van der Waals surface area contributed by atoms with Gasteiger partial charge in [0.15, 0.2) is 0 Å². The van der Waals surface area contributed by atoms with Crippen molar-refractivity contribution in [2.75, 3.05) is 19.8 Å². The van der Waals surface area contributed by atoms with Gasteiger partial charge < -0.3 is 19.3 Å². The van der Waals surface area contributed by atoms with Crippen molar-refractivity contribution in [1.29, 1.82) is 0 Å². The molecule has 0 radical (unpaired) electrons. The number of unbranched alkanes of at least 4 members (excludes halogenated alkanes) is 2. The summed E-state index contributed by atoms with van der Waals surface area (Å²) in [6.07, 6.45) is 5.35. The Kier molecular flexibility index (Phi) is 12.7. The molecule has 0 saturated carbocycles. The van der Waals surface area contributed by atoms with Gasteiger partial charge in [-0.25, -0.2) is 14.4 Å². The van der Waals surface area contributed by atoms with Gasteiger partial charge in [-0.3, -0.25) is 4.79 Å². The average Bonchev–Trinajstić information content (AvgIpc) is 2.69. The smallest absolute Gasteiger partial charge is 0.330 e. The van der Waals surface area contributed by atoms with E-state index in [-0.39, 0.29) is 32.7 Å². The first-order valence-electron chi connectivity index (χ1n) is 8.92. The van der Waals surface area contributed by atoms with Crippen molar-refractivity contribution in [2.24, 2.45) is 5.41 Å². The van der Waals surface area contributed by atoms with Gasteiger partial charge in [0.05, 0.1) is 13.2 Å². The third-order valence-electron chi connectivity index (χ3n) is 4.03. The monoisotopic (exact) mass is 396 g/mol. The van der Waals surface area contributed by atoms with Crippen molar-refractivity contribution < 1.29 is 38.5 Å². The molecule has 0 aromatic rings. The standard InChI is InChI=1S/C20H28O8/c1-4-16(21)26-13-9-7-11-20(19(24)25,15-28-18(23)6-3)12-8-10-14-27-17(22)5-2/h4-6H,1-3,7-15H2,(H,24,25). The summed E-state index contributed by atoms with van der Waals surface area (Å²) in [4.78, 5) is 45.4. The Morgan fingerprint density at radius 2 is 1.11 bits per heavy atom. The zero-order valence-electron chi connectivity index (χ0n) is 16.0. The molecule has 0 aliphatic carbocycles. The molecule has 156 valence electrons.